The highest BCUT2D eigenvalue weighted by Gasteiger charge is 2.40. The van der Waals surface area contributed by atoms with E-state index in [1.807, 2.05) is 0 Å². The second-order valence-electron chi connectivity index (χ2n) is 4.21. The average molecular weight is 231 g/mol. The first kappa shape index (κ1) is 10.8. The van der Waals surface area contributed by atoms with E-state index in [0.29, 0.717) is 10.8 Å². The van der Waals surface area contributed by atoms with E-state index in [4.69, 9.17) is 0 Å². The van der Waals surface area contributed by atoms with Gasteiger partial charge in [-0.25, -0.2) is 0 Å². The van der Waals surface area contributed by atoms with Crippen molar-refractivity contribution >= 4 is 28.6 Å². The second-order valence-corrected chi connectivity index (χ2v) is 6.91. The lowest BCUT2D eigenvalue weighted by Gasteiger charge is -2.33. The molecule has 14 heavy (non-hydrogen) atoms. The summed E-state index contributed by atoms with van der Waals surface area (Å²) < 4.78 is 0. The third-order valence-corrected chi connectivity index (χ3v) is 5.09. The van der Waals surface area contributed by atoms with Crippen molar-refractivity contribution < 1.29 is 4.79 Å². The highest BCUT2D eigenvalue weighted by Crippen LogP contribution is 2.37. The first-order valence-corrected chi connectivity index (χ1v) is 7.24. The van der Waals surface area contributed by atoms with Gasteiger partial charge in [0.25, 0.3) is 0 Å². The van der Waals surface area contributed by atoms with Crippen LogP contribution >= 0.6 is 23.5 Å². The Hall–Kier alpha value is 0.330. The fraction of sp³-hybridized carbons (Fsp3) is 0.900. The van der Waals surface area contributed by atoms with Crippen molar-refractivity contribution in [2.75, 3.05) is 18.1 Å². The molecule has 2 aliphatic rings. The Kier molecular flexibility index (Phi) is 3.45. The number of carbonyl (C=O) groups is 1. The van der Waals surface area contributed by atoms with Crippen LogP contribution < -0.4 is 5.32 Å². The maximum absolute atomic E-state index is 11.0. The van der Waals surface area contributed by atoms with Gasteiger partial charge < -0.3 is 5.32 Å². The van der Waals surface area contributed by atoms with E-state index in [9.17, 15) is 4.79 Å². The van der Waals surface area contributed by atoms with E-state index < -0.39 is 0 Å². The Balaban J connectivity index is 1.89. The van der Waals surface area contributed by atoms with Crippen molar-refractivity contribution in [1.82, 2.24) is 5.32 Å². The standard InChI is InChI=1S/C10H17NOS2/c1-8(12)14-9-6-10(11-7-9)2-4-13-5-3-10/h9,11H,2-7H2,1H3. The Bertz CT molecular complexity index is 226. The first-order chi connectivity index (χ1) is 6.70. The van der Waals surface area contributed by atoms with Crippen LogP contribution in [0.25, 0.3) is 0 Å². The van der Waals surface area contributed by atoms with Gasteiger partial charge in [-0.3, -0.25) is 4.79 Å². The zero-order chi connectivity index (χ0) is 10.0. The Labute approximate surface area is 94.0 Å². The average Bonchev–Trinajstić information content (AvgIpc) is 2.49. The molecule has 1 spiro atoms. The molecule has 2 aliphatic heterocycles. The molecule has 0 saturated carbocycles. The summed E-state index contributed by atoms with van der Waals surface area (Å²) in [7, 11) is 0. The predicted octanol–water partition coefficient (Wildman–Crippen LogP) is 1.89. The van der Waals surface area contributed by atoms with E-state index in [-0.39, 0.29) is 5.12 Å². The summed E-state index contributed by atoms with van der Waals surface area (Å²) in [5.41, 5.74) is 0.387. The van der Waals surface area contributed by atoms with Crippen molar-refractivity contribution in [2.24, 2.45) is 0 Å². The number of nitrogens with one attached hydrogen (secondary N) is 1. The third-order valence-electron chi connectivity index (χ3n) is 3.11. The Morgan fingerprint density at radius 2 is 2.21 bits per heavy atom. The van der Waals surface area contributed by atoms with E-state index >= 15 is 0 Å². The second kappa shape index (κ2) is 4.45. The number of carbonyl (C=O) groups excluding carboxylic acids is 1. The fourth-order valence-corrected chi connectivity index (χ4v) is 4.68. The summed E-state index contributed by atoms with van der Waals surface area (Å²) in [6.07, 6.45) is 3.76. The zero-order valence-corrected chi connectivity index (χ0v) is 10.2. The molecule has 2 saturated heterocycles. The number of rotatable bonds is 1. The van der Waals surface area contributed by atoms with Gasteiger partial charge in [0.2, 0.25) is 0 Å². The molecule has 80 valence electrons. The number of hydrogen-bond acceptors (Lipinski definition) is 4. The van der Waals surface area contributed by atoms with Gasteiger partial charge in [0, 0.05) is 24.3 Å². The maximum Gasteiger partial charge on any atom is 0.186 e. The molecule has 0 aromatic heterocycles. The molecule has 0 radical (unpaired) electrons. The lowest BCUT2D eigenvalue weighted by molar-refractivity contribution is -0.109. The minimum Gasteiger partial charge on any atom is -0.310 e. The Morgan fingerprint density at radius 3 is 2.86 bits per heavy atom. The van der Waals surface area contributed by atoms with Gasteiger partial charge >= 0.3 is 0 Å². The molecule has 0 aromatic carbocycles. The zero-order valence-electron chi connectivity index (χ0n) is 8.54. The van der Waals surface area contributed by atoms with Crippen molar-refractivity contribution in [3.8, 4) is 0 Å². The number of thioether (sulfide) groups is 2. The summed E-state index contributed by atoms with van der Waals surface area (Å²) in [5.74, 6) is 2.56. The molecule has 2 rings (SSSR count). The molecule has 1 N–H and O–H groups in total. The van der Waals surface area contributed by atoms with Gasteiger partial charge in [-0.05, 0) is 30.8 Å². The third kappa shape index (κ3) is 2.47. The Morgan fingerprint density at radius 1 is 1.50 bits per heavy atom. The molecule has 0 aliphatic carbocycles. The molecule has 1 atom stereocenters. The predicted molar refractivity (Wildman–Crippen MR) is 64.0 cm³/mol. The van der Waals surface area contributed by atoms with Crippen molar-refractivity contribution in [1.29, 1.82) is 0 Å². The smallest absolute Gasteiger partial charge is 0.186 e. The maximum atomic E-state index is 11.0. The lowest BCUT2D eigenvalue weighted by atomic mass is 9.91. The summed E-state index contributed by atoms with van der Waals surface area (Å²) in [4.78, 5) is 11.0. The molecule has 1 unspecified atom stereocenters. The van der Waals surface area contributed by atoms with Crippen LogP contribution in [0.1, 0.15) is 26.2 Å². The summed E-state index contributed by atoms with van der Waals surface area (Å²) in [6, 6.07) is 0. The molecular weight excluding hydrogens is 214 g/mol. The number of hydrogen-bond donors (Lipinski definition) is 1. The molecule has 2 heterocycles. The molecule has 0 amide bonds. The van der Waals surface area contributed by atoms with Gasteiger partial charge in [0.05, 0.1) is 0 Å². The normalized spacial score (nSPS) is 30.8. The monoisotopic (exact) mass is 231 g/mol. The largest absolute Gasteiger partial charge is 0.310 e. The molecule has 0 bridgehead atoms. The van der Waals surface area contributed by atoms with Crippen LogP contribution in [0.15, 0.2) is 0 Å². The van der Waals surface area contributed by atoms with Gasteiger partial charge in [-0.1, -0.05) is 11.8 Å². The van der Waals surface area contributed by atoms with E-state index in [2.05, 4.69) is 17.1 Å². The van der Waals surface area contributed by atoms with Gasteiger partial charge in [0.15, 0.2) is 5.12 Å². The van der Waals surface area contributed by atoms with Gasteiger partial charge in [-0.2, -0.15) is 11.8 Å². The van der Waals surface area contributed by atoms with Crippen molar-refractivity contribution in [2.45, 2.75) is 37.0 Å². The quantitative estimate of drug-likeness (QED) is 0.746. The van der Waals surface area contributed by atoms with E-state index in [1.165, 1.54) is 42.5 Å². The highest BCUT2D eigenvalue weighted by atomic mass is 32.2. The van der Waals surface area contributed by atoms with Crippen molar-refractivity contribution in [3.05, 3.63) is 0 Å². The molecule has 2 fully saturated rings. The molecular formula is C10H17NOS2. The van der Waals surface area contributed by atoms with Gasteiger partial charge in [0.1, 0.15) is 0 Å². The summed E-state index contributed by atoms with van der Waals surface area (Å²) >= 11 is 3.58. The van der Waals surface area contributed by atoms with Crippen molar-refractivity contribution in [3.63, 3.8) is 0 Å². The van der Waals surface area contributed by atoms with Crippen LogP contribution in [0.3, 0.4) is 0 Å². The lowest BCUT2D eigenvalue weighted by Crippen LogP contribution is -2.42. The minimum absolute atomic E-state index is 0.263. The molecule has 2 nitrogen and oxygen atoms in total. The first-order valence-electron chi connectivity index (χ1n) is 5.20. The summed E-state index contributed by atoms with van der Waals surface area (Å²) in [5, 5.41) is 4.43. The fourth-order valence-electron chi connectivity index (χ4n) is 2.37. The van der Waals surface area contributed by atoms with Crippen LogP contribution in [0.2, 0.25) is 0 Å². The van der Waals surface area contributed by atoms with Crippen LogP contribution in [0.5, 0.6) is 0 Å². The van der Waals surface area contributed by atoms with Crippen LogP contribution in [-0.4, -0.2) is 34.0 Å². The van der Waals surface area contributed by atoms with Crippen LogP contribution in [0.4, 0.5) is 0 Å². The van der Waals surface area contributed by atoms with Crippen LogP contribution in [0, 0.1) is 0 Å². The summed E-state index contributed by atoms with van der Waals surface area (Å²) in [6.45, 7) is 2.70. The minimum atomic E-state index is 0.263. The molecule has 0 aromatic rings. The van der Waals surface area contributed by atoms with Gasteiger partial charge in [-0.15, -0.1) is 0 Å². The molecule has 4 heteroatoms. The highest BCUT2D eigenvalue weighted by molar-refractivity contribution is 8.14. The topological polar surface area (TPSA) is 29.1 Å². The van der Waals surface area contributed by atoms with E-state index in [1.54, 1.807) is 6.92 Å². The van der Waals surface area contributed by atoms with Crippen LogP contribution in [-0.2, 0) is 4.79 Å². The SMILES string of the molecule is CC(=O)SC1CNC2(CCSCC2)C1. The van der Waals surface area contributed by atoms with E-state index in [0.717, 1.165) is 6.54 Å².